The average molecular weight is 263 g/mol. The highest BCUT2D eigenvalue weighted by Gasteiger charge is 2.26. The standard InChI is InChI=1S/C14H25N5/c1-14(2,3)19-7-5-18(6-8-19)13-16-10-12(9-15-4)11-17-13/h10-11,15H,5-9H2,1-4H3. The Balaban J connectivity index is 1.94. The van der Waals surface area contributed by atoms with Gasteiger partial charge in [-0.2, -0.15) is 0 Å². The zero-order valence-electron chi connectivity index (χ0n) is 12.5. The Kier molecular flexibility index (Phi) is 4.37. The molecule has 0 unspecified atom stereocenters. The number of piperazine rings is 1. The number of hydrogen-bond donors (Lipinski definition) is 1. The SMILES string of the molecule is CNCc1cnc(N2CCN(C(C)(C)C)CC2)nc1. The van der Waals surface area contributed by atoms with Crippen LogP contribution in [0.1, 0.15) is 26.3 Å². The van der Waals surface area contributed by atoms with Crippen molar-refractivity contribution in [2.45, 2.75) is 32.9 Å². The van der Waals surface area contributed by atoms with E-state index in [1.165, 1.54) is 0 Å². The highest BCUT2D eigenvalue weighted by Crippen LogP contribution is 2.18. The number of hydrogen-bond acceptors (Lipinski definition) is 5. The van der Waals surface area contributed by atoms with Crippen LogP contribution in [0.15, 0.2) is 12.4 Å². The fraction of sp³-hybridized carbons (Fsp3) is 0.714. The normalized spacial score (nSPS) is 17.8. The van der Waals surface area contributed by atoms with Crippen molar-refractivity contribution in [2.75, 3.05) is 38.1 Å². The molecule has 1 aliphatic heterocycles. The maximum atomic E-state index is 4.46. The van der Waals surface area contributed by atoms with Crippen LogP contribution in [0.2, 0.25) is 0 Å². The molecule has 2 rings (SSSR count). The number of nitrogens with zero attached hydrogens (tertiary/aromatic N) is 4. The molecule has 0 atom stereocenters. The second-order valence-corrected chi connectivity index (χ2v) is 6.07. The molecule has 1 aromatic rings. The van der Waals surface area contributed by atoms with Gasteiger partial charge in [0.2, 0.25) is 5.95 Å². The van der Waals surface area contributed by atoms with E-state index in [4.69, 9.17) is 0 Å². The lowest BCUT2D eigenvalue weighted by Gasteiger charge is -2.42. The van der Waals surface area contributed by atoms with E-state index < -0.39 is 0 Å². The molecule has 0 aromatic carbocycles. The summed E-state index contributed by atoms with van der Waals surface area (Å²) in [6.07, 6.45) is 3.82. The molecule has 0 aliphatic carbocycles. The molecule has 0 saturated carbocycles. The molecular weight excluding hydrogens is 238 g/mol. The van der Waals surface area contributed by atoms with Gasteiger partial charge in [0.1, 0.15) is 0 Å². The highest BCUT2D eigenvalue weighted by molar-refractivity contribution is 5.30. The largest absolute Gasteiger partial charge is 0.338 e. The molecule has 1 saturated heterocycles. The fourth-order valence-electron chi connectivity index (χ4n) is 2.38. The van der Waals surface area contributed by atoms with E-state index >= 15 is 0 Å². The van der Waals surface area contributed by atoms with Crippen LogP contribution in [0.3, 0.4) is 0 Å². The number of rotatable bonds is 3. The maximum Gasteiger partial charge on any atom is 0.225 e. The molecule has 0 bridgehead atoms. The molecular formula is C14H25N5. The minimum Gasteiger partial charge on any atom is -0.338 e. The molecule has 5 heteroatoms. The lowest BCUT2D eigenvalue weighted by atomic mass is 10.1. The van der Waals surface area contributed by atoms with Gasteiger partial charge in [-0.1, -0.05) is 0 Å². The maximum absolute atomic E-state index is 4.46. The van der Waals surface area contributed by atoms with Gasteiger partial charge >= 0.3 is 0 Å². The third-order valence-electron chi connectivity index (χ3n) is 3.58. The van der Waals surface area contributed by atoms with E-state index in [0.29, 0.717) is 0 Å². The van der Waals surface area contributed by atoms with E-state index in [-0.39, 0.29) is 5.54 Å². The monoisotopic (exact) mass is 263 g/mol. The lowest BCUT2D eigenvalue weighted by Crippen LogP contribution is -2.53. The third kappa shape index (κ3) is 3.64. The summed E-state index contributed by atoms with van der Waals surface area (Å²) in [4.78, 5) is 13.7. The van der Waals surface area contributed by atoms with E-state index in [2.05, 4.69) is 45.9 Å². The second-order valence-electron chi connectivity index (χ2n) is 6.07. The van der Waals surface area contributed by atoms with Gasteiger partial charge in [0.05, 0.1) is 0 Å². The Morgan fingerprint density at radius 3 is 2.16 bits per heavy atom. The molecule has 5 nitrogen and oxygen atoms in total. The summed E-state index contributed by atoms with van der Waals surface area (Å²) < 4.78 is 0. The predicted molar refractivity (Wildman–Crippen MR) is 78.3 cm³/mol. The van der Waals surface area contributed by atoms with Crippen LogP contribution in [-0.4, -0.2) is 53.6 Å². The van der Waals surface area contributed by atoms with Gasteiger partial charge in [0.15, 0.2) is 0 Å². The molecule has 1 fully saturated rings. The molecule has 0 amide bonds. The second kappa shape index (κ2) is 5.84. The van der Waals surface area contributed by atoms with Gasteiger partial charge in [-0.25, -0.2) is 9.97 Å². The van der Waals surface area contributed by atoms with Crippen LogP contribution in [0, 0.1) is 0 Å². The summed E-state index contributed by atoms with van der Waals surface area (Å²) in [5, 5.41) is 3.11. The zero-order valence-corrected chi connectivity index (χ0v) is 12.5. The van der Waals surface area contributed by atoms with E-state index in [9.17, 15) is 0 Å². The Bertz CT molecular complexity index is 387. The van der Waals surface area contributed by atoms with Crippen molar-refractivity contribution in [3.8, 4) is 0 Å². The van der Waals surface area contributed by atoms with Crippen LogP contribution >= 0.6 is 0 Å². The molecule has 1 aliphatic rings. The number of nitrogens with one attached hydrogen (secondary N) is 1. The molecule has 19 heavy (non-hydrogen) atoms. The van der Waals surface area contributed by atoms with Crippen LogP contribution in [0.5, 0.6) is 0 Å². The Morgan fingerprint density at radius 2 is 1.68 bits per heavy atom. The summed E-state index contributed by atoms with van der Waals surface area (Å²) in [6, 6.07) is 0. The first kappa shape index (κ1) is 14.2. The zero-order chi connectivity index (χ0) is 13.9. The van der Waals surface area contributed by atoms with Crippen molar-refractivity contribution in [1.29, 1.82) is 0 Å². The van der Waals surface area contributed by atoms with Crippen LogP contribution < -0.4 is 10.2 Å². The summed E-state index contributed by atoms with van der Waals surface area (Å²) in [5.41, 5.74) is 1.38. The van der Waals surface area contributed by atoms with E-state index in [1.54, 1.807) is 0 Å². The van der Waals surface area contributed by atoms with Gasteiger partial charge < -0.3 is 10.2 Å². The Hall–Kier alpha value is -1.20. The van der Waals surface area contributed by atoms with Gasteiger partial charge in [0, 0.05) is 56.2 Å². The summed E-state index contributed by atoms with van der Waals surface area (Å²) in [5.74, 6) is 0.855. The van der Waals surface area contributed by atoms with Crippen LogP contribution in [0.4, 0.5) is 5.95 Å². The van der Waals surface area contributed by atoms with Gasteiger partial charge in [-0.3, -0.25) is 4.90 Å². The Labute approximate surface area is 116 Å². The third-order valence-corrected chi connectivity index (χ3v) is 3.58. The first-order valence-electron chi connectivity index (χ1n) is 6.96. The van der Waals surface area contributed by atoms with Gasteiger partial charge in [-0.05, 0) is 27.8 Å². The van der Waals surface area contributed by atoms with Crippen molar-refractivity contribution < 1.29 is 0 Å². The minimum absolute atomic E-state index is 0.254. The van der Waals surface area contributed by atoms with Gasteiger partial charge in [-0.15, -0.1) is 0 Å². The highest BCUT2D eigenvalue weighted by atomic mass is 15.3. The van der Waals surface area contributed by atoms with Crippen molar-refractivity contribution >= 4 is 5.95 Å². The molecule has 0 radical (unpaired) electrons. The first-order valence-corrected chi connectivity index (χ1v) is 6.96. The van der Waals surface area contributed by atoms with E-state index in [1.807, 2.05) is 19.4 Å². The molecule has 0 spiro atoms. The molecule has 1 N–H and O–H groups in total. The summed E-state index contributed by atoms with van der Waals surface area (Å²) in [6.45, 7) is 11.8. The summed E-state index contributed by atoms with van der Waals surface area (Å²) >= 11 is 0. The number of aromatic nitrogens is 2. The fourth-order valence-corrected chi connectivity index (χ4v) is 2.38. The molecule has 106 valence electrons. The predicted octanol–water partition coefficient (Wildman–Crippen LogP) is 1.12. The van der Waals surface area contributed by atoms with Crippen LogP contribution in [0.25, 0.3) is 0 Å². The summed E-state index contributed by atoms with van der Waals surface area (Å²) in [7, 11) is 1.93. The lowest BCUT2D eigenvalue weighted by molar-refractivity contribution is 0.128. The van der Waals surface area contributed by atoms with Crippen molar-refractivity contribution in [3.05, 3.63) is 18.0 Å². The Morgan fingerprint density at radius 1 is 1.11 bits per heavy atom. The molecule has 2 heterocycles. The van der Waals surface area contributed by atoms with Gasteiger partial charge in [0.25, 0.3) is 0 Å². The van der Waals surface area contributed by atoms with Crippen LogP contribution in [-0.2, 0) is 6.54 Å². The van der Waals surface area contributed by atoms with E-state index in [0.717, 1.165) is 44.2 Å². The minimum atomic E-state index is 0.254. The quantitative estimate of drug-likeness (QED) is 0.885. The average Bonchev–Trinajstić information content (AvgIpc) is 2.39. The topological polar surface area (TPSA) is 44.3 Å². The van der Waals surface area contributed by atoms with Crippen molar-refractivity contribution in [1.82, 2.24) is 20.2 Å². The van der Waals surface area contributed by atoms with Crippen molar-refractivity contribution in [2.24, 2.45) is 0 Å². The molecule has 1 aromatic heterocycles. The smallest absolute Gasteiger partial charge is 0.225 e. The van der Waals surface area contributed by atoms with Crippen molar-refractivity contribution in [3.63, 3.8) is 0 Å². The number of anilines is 1. The first-order chi connectivity index (χ1) is 9.00.